The minimum Gasteiger partial charge on any atom is -0.497 e. The van der Waals surface area contributed by atoms with Crippen molar-refractivity contribution in [2.24, 2.45) is 0 Å². The zero-order valence-electron chi connectivity index (χ0n) is 13.1. The van der Waals surface area contributed by atoms with Gasteiger partial charge in [0.1, 0.15) is 11.5 Å². The number of methoxy groups -OCH3 is 2. The topological polar surface area (TPSA) is 24.9 Å². The number of benzene rings is 1. The standard InChI is InChI=1S/C16H25ClN2O2/c1-4-18-7-9-19(10-8-18)12-15(17)14-11-13(20-2)5-6-16(14)21-3/h5-6,11,15H,4,7-10,12H2,1-3H3. The lowest BCUT2D eigenvalue weighted by Gasteiger charge is -2.35. The normalized spacial score (nSPS) is 18.5. The molecule has 0 amide bonds. The molecule has 0 N–H and O–H groups in total. The zero-order valence-corrected chi connectivity index (χ0v) is 13.9. The van der Waals surface area contributed by atoms with E-state index in [1.807, 2.05) is 18.2 Å². The highest BCUT2D eigenvalue weighted by Crippen LogP contribution is 2.33. The first-order valence-corrected chi connectivity index (χ1v) is 7.92. The van der Waals surface area contributed by atoms with Crippen molar-refractivity contribution < 1.29 is 9.47 Å². The molecule has 0 bridgehead atoms. The smallest absolute Gasteiger partial charge is 0.123 e. The van der Waals surface area contributed by atoms with Crippen LogP contribution < -0.4 is 9.47 Å². The van der Waals surface area contributed by atoms with Crippen molar-refractivity contribution in [3.05, 3.63) is 23.8 Å². The molecule has 1 unspecified atom stereocenters. The summed E-state index contributed by atoms with van der Waals surface area (Å²) < 4.78 is 10.7. The summed E-state index contributed by atoms with van der Waals surface area (Å²) in [6.07, 6.45) is 0. The molecule has 4 nitrogen and oxygen atoms in total. The van der Waals surface area contributed by atoms with Gasteiger partial charge in [-0.25, -0.2) is 0 Å². The second-order valence-electron chi connectivity index (χ2n) is 5.31. The third-order valence-electron chi connectivity index (χ3n) is 4.10. The van der Waals surface area contributed by atoms with Crippen LogP contribution in [0.3, 0.4) is 0 Å². The summed E-state index contributed by atoms with van der Waals surface area (Å²) in [4.78, 5) is 4.88. The van der Waals surface area contributed by atoms with Gasteiger partial charge in [0.05, 0.1) is 19.6 Å². The van der Waals surface area contributed by atoms with Crippen molar-refractivity contribution in [1.82, 2.24) is 9.80 Å². The number of ether oxygens (including phenoxy) is 2. The highest BCUT2D eigenvalue weighted by molar-refractivity contribution is 6.21. The number of hydrogen-bond donors (Lipinski definition) is 0. The fourth-order valence-corrected chi connectivity index (χ4v) is 3.06. The molecule has 0 radical (unpaired) electrons. The van der Waals surface area contributed by atoms with E-state index in [2.05, 4.69) is 16.7 Å². The average molecular weight is 313 g/mol. The van der Waals surface area contributed by atoms with Crippen molar-refractivity contribution in [3.63, 3.8) is 0 Å². The van der Waals surface area contributed by atoms with Gasteiger partial charge in [0, 0.05) is 38.3 Å². The van der Waals surface area contributed by atoms with E-state index in [4.69, 9.17) is 21.1 Å². The molecule has 1 aliphatic rings. The predicted molar refractivity (Wildman–Crippen MR) is 86.7 cm³/mol. The van der Waals surface area contributed by atoms with Crippen LogP contribution in [0, 0.1) is 0 Å². The molecule has 2 rings (SSSR count). The molecule has 0 aliphatic carbocycles. The third-order valence-corrected chi connectivity index (χ3v) is 4.48. The molecule has 21 heavy (non-hydrogen) atoms. The summed E-state index contributed by atoms with van der Waals surface area (Å²) in [6, 6.07) is 5.78. The van der Waals surface area contributed by atoms with Crippen molar-refractivity contribution >= 4 is 11.6 Å². The van der Waals surface area contributed by atoms with E-state index in [1.165, 1.54) is 0 Å². The first-order chi connectivity index (χ1) is 10.2. The Labute approximate surface area is 132 Å². The lowest BCUT2D eigenvalue weighted by Crippen LogP contribution is -2.46. The van der Waals surface area contributed by atoms with Gasteiger partial charge in [-0.2, -0.15) is 0 Å². The number of alkyl halides is 1. The minimum absolute atomic E-state index is 0.0942. The molecular weight excluding hydrogens is 288 g/mol. The maximum Gasteiger partial charge on any atom is 0.123 e. The van der Waals surface area contributed by atoms with Crippen LogP contribution in [0.25, 0.3) is 0 Å². The summed E-state index contributed by atoms with van der Waals surface area (Å²) >= 11 is 6.63. The number of piperazine rings is 1. The number of likely N-dealkylation sites (N-methyl/N-ethyl adjacent to an activating group) is 1. The largest absolute Gasteiger partial charge is 0.497 e. The Kier molecular flexibility index (Phi) is 6.15. The number of halogens is 1. The Bertz CT molecular complexity index is 448. The van der Waals surface area contributed by atoms with E-state index in [9.17, 15) is 0 Å². The molecular formula is C16H25ClN2O2. The van der Waals surface area contributed by atoms with E-state index in [-0.39, 0.29) is 5.38 Å². The molecule has 1 atom stereocenters. The van der Waals surface area contributed by atoms with Crippen molar-refractivity contribution in [3.8, 4) is 11.5 Å². The second-order valence-corrected chi connectivity index (χ2v) is 5.84. The Morgan fingerprint density at radius 3 is 2.33 bits per heavy atom. The molecule has 118 valence electrons. The number of hydrogen-bond acceptors (Lipinski definition) is 4. The van der Waals surface area contributed by atoms with Gasteiger partial charge in [-0.3, -0.25) is 4.90 Å². The minimum atomic E-state index is -0.0942. The Hall–Kier alpha value is -0.970. The van der Waals surface area contributed by atoms with Gasteiger partial charge >= 0.3 is 0 Å². The predicted octanol–water partition coefficient (Wildman–Crippen LogP) is 2.62. The second kappa shape index (κ2) is 7.87. The van der Waals surface area contributed by atoms with Crippen LogP contribution in [0.15, 0.2) is 18.2 Å². The van der Waals surface area contributed by atoms with Crippen LogP contribution in [0.5, 0.6) is 11.5 Å². The van der Waals surface area contributed by atoms with Crippen LogP contribution in [0.2, 0.25) is 0 Å². The van der Waals surface area contributed by atoms with E-state index in [0.29, 0.717) is 0 Å². The number of nitrogens with zero attached hydrogens (tertiary/aromatic N) is 2. The van der Waals surface area contributed by atoms with Gasteiger partial charge in [-0.1, -0.05) is 6.92 Å². The SMILES string of the molecule is CCN1CCN(CC(Cl)c2cc(OC)ccc2OC)CC1. The van der Waals surface area contributed by atoms with E-state index in [0.717, 1.165) is 56.3 Å². The molecule has 0 saturated carbocycles. The van der Waals surface area contributed by atoms with Gasteiger partial charge in [0.2, 0.25) is 0 Å². The summed E-state index contributed by atoms with van der Waals surface area (Å²) in [5, 5.41) is -0.0942. The molecule has 1 heterocycles. The first kappa shape index (κ1) is 16.4. The Balaban J connectivity index is 2.01. The third kappa shape index (κ3) is 4.25. The van der Waals surface area contributed by atoms with Crippen molar-refractivity contribution in [2.75, 3.05) is 53.5 Å². The van der Waals surface area contributed by atoms with Gasteiger partial charge in [0.15, 0.2) is 0 Å². The molecule has 1 aliphatic heterocycles. The highest BCUT2D eigenvalue weighted by atomic mass is 35.5. The van der Waals surface area contributed by atoms with Gasteiger partial charge in [-0.05, 0) is 24.7 Å². The highest BCUT2D eigenvalue weighted by Gasteiger charge is 2.21. The molecule has 1 aromatic rings. The van der Waals surface area contributed by atoms with Crippen molar-refractivity contribution in [2.45, 2.75) is 12.3 Å². The summed E-state index contributed by atoms with van der Waals surface area (Å²) in [5.74, 6) is 1.63. The molecule has 1 saturated heterocycles. The molecule has 1 aromatic carbocycles. The quantitative estimate of drug-likeness (QED) is 0.754. The Morgan fingerprint density at radius 1 is 1.10 bits per heavy atom. The lowest BCUT2D eigenvalue weighted by molar-refractivity contribution is 0.137. The number of rotatable bonds is 6. The van der Waals surface area contributed by atoms with E-state index >= 15 is 0 Å². The molecule has 0 aromatic heterocycles. The van der Waals surface area contributed by atoms with Gasteiger partial charge in [-0.15, -0.1) is 11.6 Å². The summed E-state index contributed by atoms with van der Waals surface area (Å²) in [7, 11) is 3.34. The summed E-state index contributed by atoms with van der Waals surface area (Å²) in [5.41, 5.74) is 0.997. The Morgan fingerprint density at radius 2 is 1.76 bits per heavy atom. The maximum atomic E-state index is 6.63. The van der Waals surface area contributed by atoms with Crippen LogP contribution in [-0.4, -0.2) is 63.3 Å². The monoisotopic (exact) mass is 312 g/mol. The molecule has 1 fully saturated rings. The maximum absolute atomic E-state index is 6.63. The molecule has 5 heteroatoms. The van der Waals surface area contributed by atoms with Crippen LogP contribution in [0.1, 0.15) is 17.9 Å². The first-order valence-electron chi connectivity index (χ1n) is 7.48. The average Bonchev–Trinajstić information content (AvgIpc) is 2.54. The lowest BCUT2D eigenvalue weighted by atomic mass is 10.1. The van der Waals surface area contributed by atoms with E-state index in [1.54, 1.807) is 14.2 Å². The van der Waals surface area contributed by atoms with Crippen molar-refractivity contribution in [1.29, 1.82) is 0 Å². The van der Waals surface area contributed by atoms with Gasteiger partial charge < -0.3 is 14.4 Å². The van der Waals surface area contributed by atoms with Gasteiger partial charge in [0.25, 0.3) is 0 Å². The fourth-order valence-electron chi connectivity index (χ4n) is 2.70. The van der Waals surface area contributed by atoms with Crippen LogP contribution in [0.4, 0.5) is 0 Å². The molecule has 0 spiro atoms. The zero-order chi connectivity index (χ0) is 15.2. The van der Waals surface area contributed by atoms with Crippen LogP contribution >= 0.6 is 11.6 Å². The van der Waals surface area contributed by atoms with E-state index < -0.39 is 0 Å². The summed E-state index contributed by atoms with van der Waals surface area (Å²) in [6.45, 7) is 8.56. The van der Waals surface area contributed by atoms with Crippen LogP contribution in [-0.2, 0) is 0 Å². The fraction of sp³-hybridized carbons (Fsp3) is 0.625.